The van der Waals surface area contributed by atoms with E-state index in [2.05, 4.69) is 16.0 Å². The lowest BCUT2D eigenvalue weighted by Crippen LogP contribution is -2.50. The van der Waals surface area contributed by atoms with Gasteiger partial charge in [-0.1, -0.05) is 55.2 Å². The number of rotatable bonds is 7. The number of carbonyl (C=O) groups excluding carboxylic acids is 3. The lowest BCUT2D eigenvalue weighted by Gasteiger charge is -2.38. The van der Waals surface area contributed by atoms with Crippen LogP contribution in [0.15, 0.2) is 60.7 Å². The maximum absolute atomic E-state index is 15.9. The Morgan fingerprint density at radius 3 is 2.53 bits per heavy atom. The number of amides is 2. The molecule has 2 heterocycles. The first-order valence-corrected chi connectivity index (χ1v) is 14.4. The highest BCUT2D eigenvalue weighted by Crippen LogP contribution is 2.57. The molecule has 3 aromatic rings. The van der Waals surface area contributed by atoms with Crippen LogP contribution in [0.5, 0.6) is 0 Å². The summed E-state index contributed by atoms with van der Waals surface area (Å²) < 4.78 is 21.3. The highest BCUT2D eigenvalue weighted by atomic mass is 35.5. The first-order valence-electron chi connectivity index (χ1n) is 13.6. The molecule has 3 aromatic carbocycles. The highest BCUT2D eigenvalue weighted by molar-refractivity contribution is 6.31. The Labute approximate surface area is 258 Å². The molecule has 0 bridgehead atoms. The molecule has 3 N–H and O–H groups in total. The number of hydrogen-bond acceptors (Lipinski definition) is 6. The summed E-state index contributed by atoms with van der Waals surface area (Å²) in [5, 5.41) is 18.6. The van der Waals surface area contributed by atoms with Crippen LogP contribution in [0, 0.1) is 22.6 Å². The second-order valence-corrected chi connectivity index (χ2v) is 12.5. The van der Waals surface area contributed by atoms with E-state index in [4.69, 9.17) is 33.2 Å². The van der Waals surface area contributed by atoms with Crippen molar-refractivity contribution in [3.05, 3.63) is 93.2 Å². The minimum absolute atomic E-state index is 0.0595. The van der Waals surface area contributed by atoms with Gasteiger partial charge < -0.3 is 20.7 Å². The van der Waals surface area contributed by atoms with Gasteiger partial charge in [0.15, 0.2) is 0 Å². The lowest BCUT2D eigenvalue weighted by atomic mass is 9.62. The Morgan fingerprint density at radius 2 is 1.86 bits per heavy atom. The fourth-order valence-corrected chi connectivity index (χ4v) is 6.65. The van der Waals surface area contributed by atoms with Crippen molar-refractivity contribution in [3.8, 4) is 6.07 Å². The monoisotopic (exact) mass is 622 g/mol. The van der Waals surface area contributed by atoms with E-state index in [0.29, 0.717) is 27.5 Å². The van der Waals surface area contributed by atoms with Gasteiger partial charge in [-0.15, -0.1) is 0 Å². The normalized spacial score (nSPS) is 22.5. The predicted octanol–water partition coefficient (Wildman–Crippen LogP) is 5.94. The summed E-state index contributed by atoms with van der Waals surface area (Å²) in [6.45, 7) is 5.15. The van der Waals surface area contributed by atoms with Crippen LogP contribution in [0.25, 0.3) is 0 Å². The van der Waals surface area contributed by atoms with Crippen molar-refractivity contribution in [2.24, 2.45) is 5.41 Å². The fourth-order valence-electron chi connectivity index (χ4n) is 6.30. The minimum Gasteiger partial charge on any atom is -0.465 e. The Kier molecular flexibility index (Phi) is 8.23. The van der Waals surface area contributed by atoms with Gasteiger partial charge in [0.25, 0.3) is 0 Å². The molecule has 222 valence electrons. The molecule has 1 saturated heterocycles. The van der Waals surface area contributed by atoms with Crippen molar-refractivity contribution in [2.75, 3.05) is 17.2 Å². The fraction of sp³-hybridized carbons (Fsp3) is 0.312. The largest absolute Gasteiger partial charge is 0.465 e. The van der Waals surface area contributed by atoms with E-state index in [-0.39, 0.29) is 23.6 Å². The Bertz CT molecular complexity index is 1660. The molecule has 8 nitrogen and oxygen atoms in total. The predicted molar refractivity (Wildman–Crippen MR) is 161 cm³/mol. The minimum atomic E-state index is -1.48. The van der Waals surface area contributed by atoms with Gasteiger partial charge in [0.2, 0.25) is 11.8 Å². The molecule has 5 rings (SSSR count). The number of benzene rings is 3. The smallest absolute Gasteiger partial charge is 0.302 e. The van der Waals surface area contributed by atoms with Crippen LogP contribution in [0.4, 0.5) is 15.8 Å². The summed E-state index contributed by atoms with van der Waals surface area (Å²) in [6, 6.07) is 16.0. The Morgan fingerprint density at radius 1 is 1.14 bits per heavy atom. The molecule has 2 aliphatic heterocycles. The number of nitrogens with zero attached hydrogens (tertiary/aromatic N) is 1. The highest BCUT2D eigenvalue weighted by Gasteiger charge is 2.66. The molecule has 2 aliphatic rings. The second-order valence-electron chi connectivity index (χ2n) is 11.7. The molecule has 0 saturated carbocycles. The van der Waals surface area contributed by atoms with E-state index in [0.717, 1.165) is 0 Å². The molecule has 0 aromatic heterocycles. The maximum Gasteiger partial charge on any atom is 0.302 e. The standard InChI is InChI=1S/C32H29Cl2FN4O4/c1-17(40)43-16-31(2,3)14-25-32(22-12-9-19(33)13-24(22)38-30(32)42)26(21-5-4-6-23(34)27(21)35)28(39-25)29(41)37-20-10-7-18(15-36)8-11-20/h4-13,25-26,28,39H,14,16H2,1-3H3,(H,37,41)(H,38,42)/t25-,26+,28+,32?/m0/s1. The molecule has 2 amide bonds. The van der Waals surface area contributed by atoms with Crippen LogP contribution in [-0.2, 0) is 24.5 Å². The SMILES string of the molecule is CC(=O)OCC(C)(C)C[C@@H]1N[C@@H](C(=O)Nc2ccc(C#N)cc2)[C@@H](c2cccc(Cl)c2F)C12C(=O)Nc1cc(Cl)ccc12. The van der Waals surface area contributed by atoms with E-state index in [1.807, 2.05) is 19.9 Å². The number of fused-ring (bicyclic) bond motifs is 2. The van der Waals surface area contributed by atoms with Crippen LogP contribution in [0.1, 0.15) is 49.8 Å². The topological polar surface area (TPSA) is 120 Å². The first-order chi connectivity index (χ1) is 20.4. The average molecular weight is 624 g/mol. The molecule has 0 aliphatic carbocycles. The molecular formula is C32H29Cl2FN4O4. The molecule has 4 atom stereocenters. The zero-order valence-corrected chi connectivity index (χ0v) is 25.1. The van der Waals surface area contributed by atoms with Gasteiger partial charge in [0.1, 0.15) is 11.2 Å². The van der Waals surface area contributed by atoms with E-state index in [9.17, 15) is 14.4 Å². The van der Waals surface area contributed by atoms with Gasteiger partial charge >= 0.3 is 5.97 Å². The average Bonchev–Trinajstić information content (AvgIpc) is 3.43. The van der Waals surface area contributed by atoms with Gasteiger partial charge in [-0.3, -0.25) is 14.4 Å². The zero-order chi connectivity index (χ0) is 31.1. The summed E-state index contributed by atoms with van der Waals surface area (Å²) in [5.41, 5.74) is -0.177. The number of anilines is 2. The van der Waals surface area contributed by atoms with Crippen molar-refractivity contribution in [1.29, 1.82) is 5.26 Å². The summed E-state index contributed by atoms with van der Waals surface area (Å²) in [5.74, 6) is -3.17. The second kappa shape index (κ2) is 11.6. The number of carbonyl (C=O) groups is 3. The lowest BCUT2D eigenvalue weighted by molar-refractivity contribution is -0.144. The third-order valence-corrected chi connectivity index (χ3v) is 8.64. The number of nitriles is 1. The summed E-state index contributed by atoms with van der Waals surface area (Å²) >= 11 is 12.5. The molecule has 1 fully saturated rings. The van der Waals surface area contributed by atoms with Gasteiger partial charge in [-0.25, -0.2) is 4.39 Å². The third-order valence-electron chi connectivity index (χ3n) is 8.11. The molecule has 43 heavy (non-hydrogen) atoms. The van der Waals surface area contributed by atoms with Crippen molar-refractivity contribution in [1.82, 2.24) is 5.32 Å². The number of halogens is 3. The number of nitrogens with one attached hydrogen (secondary N) is 3. The number of esters is 1. The van der Waals surface area contributed by atoms with Crippen LogP contribution in [0.2, 0.25) is 10.0 Å². The number of ether oxygens (including phenoxy) is 1. The van der Waals surface area contributed by atoms with Crippen molar-refractivity contribution >= 4 is 52.4 Å². The zero-order valence-electron chi connectivity index (χ0n) is 23.6. The van der Waals surface area contributed by atoms with E-state index >= 15 is 4.39 Å². The molecule has 1 unspecified atom stereocenters. The Hall–Kier alpha value is -3.97. The maximum atomic E-state index is 15.9. The first kappa shape index (κ1) is 30.5. The van der Waals surface area contributed by atoms with Crippen molar-refractivity contribution < 1.29 is 23.5 Å². The molecule has 0 radical (unpaired) electrons. The van der Waals surface area contributed by atoms with Gasteiger partial charge in [0.05, 0.1) is 29.3 Å². The Balaban J connectivity index is 1.69. The summed E-state index contributed by atoms with van der Waals surface area (Å²) in [7, 11) is 0. The summed E-state index contributed by atoms with van der Waals surface area (Å²) in [6.07, 6.45) is 0.273. The van der Waals surface area contributed by atoms with Gasteiger partial charge in [-0.2, -0.15) is 5.26 Å². The van der Waals surface area contributed by atoms with Gasteiger partial charge in [-0.05, 0) is 60.0 Å². The van der Waals surface area contributed by atoms with Crippen LogP contribution < -0.4 is 16.0 Å². The summed E-state index contributed by atoms with van der Waals surface area (Å²) in [4.78, 5) is 40.0. The van der Waals surface area contributed by atoms with Crippen LogP contribution in [-0.4, -0.2) is 36.5 Å². The van der Waals surface area contributed by atoms with E-state index < -0.39 is 52.4 Å². The third kappa shape index (κ3) is 5.58. The van der Waals surface area contributed by atoms with Gasteiger partial charge in [0, 0.05) is 40.7 Å². The van der Waals surface area contributed by atoms with E-state index in [1.165, 1.54) is 19.1 Å². The van der Waals surface area contributed by atoms with Crippen LogP contribution in [0.3, 0.4) is 0 Å². The van der Waals surface area contributed by atoms with E-state index in [1.54, 1.807) is 48.5 Å². The van der Waals surface area contributed by atoms with Crippen molar-refractivity contribution in [3.63, 3.8) is 0 Å². The number of hydrogen-bond donors (Lipinski definition) is 3. The quantitative estimate of drug-likeness (QED) is 0.281. The van der Waals surface area contributed by atoms with Crippen LogP contribution >= 0.6 is 23.2 Å². The molecule has 1 spiro atoms. The molecular weight excluding hydrogens is 594 g/mol. The molecule has 11 heteroatoms. The van der Waals surface area contributed by atoms with Crippen molar-refractivity contribution in [2.45, 2.75) is 50.6 Å².